The molecule has 3 N–H and O–H groups in total. The van der Waals surface area contributed by atoms with Gasteiger partial charge in [-0.1, -0.05) is 12.8 Å². The van der Waals surface area contributed by atoms with Crippen molar-refractivity contribution < 1.29 is 8.42 Å². The predicted molar refractivity (Wildman–Crippen MR) is 63.9 cm³/mol. The molecule has 96 valence electrons. The van der Waals surface area contributed by atoms with E-state index in [0.717, 1.165) is 25.7 Å². The monoisotopic (exact) mass is 258 g/mol. The summed E-state index contributed by atoms with van der Waals surface area (Å²) in [7, 11) is -1.69. The summed E-state index contributed by atoms with van der Waals surface area (Å²) in [6.45, 7) is 0.484. The molecule has 0 spiro atoms. The number of rotatable bonds is 5. The molecule has 17 heavy (non-hydrogen) atoms. The molecule has 0 aliphatic heterocycles. The average Bonchev–Trinajstić information content (AvgIpc) is 2.88. The zero-order valence-electron chi connectivity index (χ0n) is 9.86. The molecular formula is C10H18N4O2S. The van der Waals surface area contributed by atoms with Crippen LogP contribution in [0.5, 0.6) is 0 Å². The first-order chi connectivity index (χ1) is 8.13. The van der Waals surface area contributed by atoms with Gasteiger partial charge in [-0.05, 0) is 19.9 Å². The zero-order chi connectivity index (χ0) is 12.3. The smallest absolute Gasteiger partial charge is 0.258 e. The van der Waals surface area contributed by atoms with E-state index in [-0.39, 0.29) is 11.1 Å². The molecule has 1 aromatic heterocycles. The standard InChI is InChI=1S/C10H18N4O2S/c1-11-6-8-7-12-13-10(8)17(15,16)14-9-4-2-3-5-9/h7,9,11,14H,2-6H2,1H3,(H,12,13). The molecule has 6 nitrogen and oxygen atoms in total. The summed E-state index contributed by atoms with van der Waals surface area (Å²) in [5, 5.41) is 9.47. The van der Waals surface area contributed by atoms with Crippen LogP contribution in [-0.4, -0.2) is 31.7 Å². The Morgan fingerprint density at radius 2 is 2.18 bits per heavy atom. The van der Waals surface area contributed by atoms with Crippen molar-refractivity contribution in [1.29, 1.82) is 0 Å². The van der Waals surface area contributed by atoms with Crippen molar-refractivity contribution in [1.82, 2.24) is 20.2 Å². The third kappa shape index (κ3) is 2.85. The van der Waals surface area contributed by atoms with Gasteiger partial charge in [-0.3, -0.25) is 5.10 Å². The molecule has 1 aromatic rings. The highest BCUT2D eigenvalue weighted by molar-refractivity contribution is 7.89. The van der Waals surface area contributed by atoms with E-state index in [1.54, 1.807) is 13.2 Å². The van der Waals surface area contributed by atoms with Gasteiger partial charge in [0, 0.05) is 18.2 Å². The second-order valence-electron chi connectivity index (χ2n) is 4.36. The third-order valence-electron chi connectivity index (χ3n) is 2.99. The Morgan fingerprint density at radius 1 is 1.47 bits per heavy atom. The first kappa shape index (κ1) is 12.5. The molecule has 1 heterocycles. The molecule has 0 bridgehead atoms. The molecule has 1 saturated carbocycles. The van der Waals surface area contributed by atoms with Gasteiger partial charge in [-0.25, -0.2) is 13.1 Å². The fourth-order valence-electron chi connectivity index (χ4n) is 2.17. The normalized spacial score (nSPS) is 17.7. The fraction of sp³-hybridized carbons (Fsp3) is 0.700. The minimum absolute atomic E-state index is 0.0748. The number of hydrogen-bond donors (Lipinski definition) is 3. The lowest BCUT2D eigenvalue weighted by atomic mass is 10.3. The molecule has 7 heteroatoms. The van der Waals surface area contributed by atoms with E-state index in [1.807, 2.05) is 0 Å². The molecule has 0 aromatic carbocycles. The summed E-state index contributed by atoms with van der Waals surface area (Å²) in [5.74, 6) is 0. The Bertz CT molecular complexity index is 462. The quantitative estimate of drug-likeness (QED) is 0.711. The molecule has 1 aliphatic rings. The van der Waals surface area contributed by atoms with Crippen LogP contribution in [0.3, 0.4) is 0 Å². The van der Waals surface area contributed by atoms with Gasteiger partial charge in [0.2, 0.25) is 0 Å². The van der Waals surface area contributed by atoms with Crippen LogP contribution >= 0.6 is 0 Å². The summed E-state index contributed by atoms with van der Waals surface area (Å²) < 4.78 is 27.0. The Morgan fingerprint density at radius 3 is 2.82 bits per heavy atom. The summed E-state index contributed by atoms with van der Waals surface area (Å²) >= 11 is 0. The molecule has 0 unspecified atom stereocenters. The van der Waals surface area contributed by atoms with Gasteiger partial charge in [0.05, 0.1) is 6.20 Å². The van der Waals surface area contributed by atoms with Crippen LogP contribution in [0.1, 0.15) is 31.2 Å². The van der Waals surface area contributed by atoms with E-state index in [2.05, 4.69) is 20.2 Å². The molecule has 0 atom stereocenters. The molecule has 1 aliphatic carbocycles. The maximum absolute atomic E-state index is 12.1. The van der Waals surface area contributed by atoms with E-state index in [1.165, 1.54) is 0 Å². The largest absolute Gasteiger partial charge is 0.316 e. The SMILES string of the molecule is CNCc1cn[nH]c1S(=O)(=O)NC1CCCC1. The highest BCUT2D eigenvalue weighted by atomic mass is 32.2. The lowest BCUT2D eigenvalue weighted by molar-refractivity contribution is 0.547. The van der Waals surface area contributed by atoms with Gasteiger partial charge in [-0.2, -0.15) is 5.10 Å². The van der Waals surface area contributed by atoms with E-state index < -0.39 is 10.0 Å². The fourth-order valence-corrected chi connectivity index (χ4v) is 3.61. The van der Waals surface area contributed by atoms with Gasteiger partial charge < -0.3 is 5.32 Å². The number of hydrogen-bond acceptors (Lipinski definition) is 4. The minimum atomic E-state index is -3.46. The second-order valence-corrected chi connectivity index (χ2v) is 6.01. The molecule has 0 amide bonds. The highest BCUT2D eigenvalue weighted by Crippen LogP contribution is 2.20. The number of nitrogens with one attached hydrogen (secondary N) is 3. The molecular weight excluding hydrogens is 240 g/mol. The topological polar surface area (TPSA) is 86.9 Å². The molecule has 0 radical (unpaired) electrons. The Kier molecular flexibility index (Phi) is 3.80. The molecule has 1 fully saturated rings. The summed E-state index contributed by atoms with van der Waals surface area (Å²) in [6.07, 6.45) is 5.59. The molecule has 2 rings (SSSR count). The molecule has 0 saturated heterocycles. The summed E-state index contributed by atoms with van der Waals surface area (Å²) in [5.41, 5.74) is 0.665. The number of aromatic nitrogens is 2. The number of sulfonamides is 1. The first-order valence-corrected chi connectivity index (χ1v) is 7.31. The van der Waals surface area contributed by atoms with Crippen molar-refractivity contribution in [2.45, 2.75) is 43.3 Å². The van der Waals surface area contributed by atoms with Crippen molar-refractivity contribution in [3.05, 3.63) is 11.8 Å². The first-order valence-electron chi connectivity index (χ1n) is 5.82. The maximum Gasteiger partial charge on any atom is 0.258 e. The lowest BCUT2D eigenvalue weighted by Crippen LogP contribution is -2.33. The van der Waals surface area contributed by atoms with Crippen molar-refractivity contribution in [2.75, 3.05) is 7.05 Å². The van der Waals surface area contributed by atoms with Crippen molar-refractivity contribution in [2.24, 2.45) is 0 Å². The van der Waals surface area contributed by atoms with Gasteiger partial charge >= 0.3 is 0 Å². The van der Waals surface area contributed by atoms with Crippen molar-refractivity contribution in [3.63, 3.8) is 0 Å². The van der Waals surface area contributed by atoms with Crippen LogP contribution in [0.2, 0.25) is 0 Å². The van der Waals surface area contributed by atoms with Crippen LogP contribution in [0, 0.1) is 0 Å². The number of nitrogens with zero attached hydrogens (tertiary/aromatic N) is 1. The minimum Gasteiger partial charge on any atom is -0.316 e. The van der Waals surface area contributed by atoms with Crippen LogP contribution in [-0.2, 0) is 16.6 Å². The lowest BCUT2D eigenvalue weighted by Gasteiger charge is -2.12. The van der Waals surface area contributed by atoms with Gasteiger partial charge in [-0.15, -0.1) is 0 Å². The van der Waals surface area contributed by atoms with Crippen LogP contribution in [0.4, 0.5) is 0 Å². The maximum atomic E-state index is 12.1. The Hall–Kier alpha value is -0.920. The van der Waals surface area contributed by atoms with Gasteiger partial charge in [0.25, 0.3) is 10.0 Å². The average molecular weight is 258 g/mol. The number of H-pyrrole nitrogens is 1. The predicted octanol–water partition coefficient (Wildman–Crippen LogP) is 0.350. The summed E-state index contributed by atoms with van der Waals surface area (Å²) in [4.78, 5) is 0. The van der Waals surface area contributed by atoms with Crippen molar-refractivity contribution in [3.8, 4) is 0 Å². The number of aromatic amines is 1. The third-order valence-corrected chi connectivity index (χ3v) is 4.53. The van der Waals surface area contributed by atoms with Crippen LogP contribution in [0.25, 0.3) is 0 Å². The van der Waals surface area contributed by atoms with E-state index >= 15 is 0 Å². The van der Waals surface area contributed by atoms with Crippen molar-refractivity contribution >= 4 is 10.0 Å². The van der Waals surface area contributed by atoms with Crippen LogP contribution in [0.15, 0.2) is 11.2 Å². The van der Waals surface area contributed by atoms with Crippen LogP contribution < -0.4 is 10.0 Å². The van der Waals surface area contributed by atoms with Gasteiger partial charge in [0.1, 0.15) is 0 Å². The highest BCUT2D eigenvalue weighted by Gasteiger charge is 2.25. The Balaban J connectivity index is 2.15. The second kappa shape index (κ2) is 5.16. The van der Waals surface area contributed by atoms with E-state index in [0.29, 0.717) is 12.1 Å². The van der Waals surface area contributed by atoms with E-state index in [4.69, 9.17) is 0 Å². The van der Waals surface area contributed by atoms with E-state index in [9.17, 15) is 8.42 Å². The van der Waals surface area contributed by atoms with Gasteiger partial charge in [0.15, 0.2) is 5.03 Å². The Labute approximate surface area is 101 Å². The summed E-state index contributed by atoms with van der Waals surface area (Å²) in [6, 6.07) is 0.0748. The zero-order valence-corrected chi connectivity index (χ0v) is 10.7.